The van der Waals surface area contributed by atoms with Gasteiger partial charge in [0.15, 0.2) is 5.78 Å². The lowest BCUT2D eigenvalue weighted by Crippen LogP contribution is -2.50. The van der Waals surface area contributed by atoms with Crippen molar-refractivity contribution in [2.75, 3.05) is 13.1 Å². The number of benzene rings is 1. The molecule has 6 nitrogen and oxygen atoms in total. The van der Waals surface area contributed by atoms with Crippen LogP contribution in [-0.2, 0) is 16.6 Å². The third-order valence-corrected chi connectivity index (χ3v) is 8.62. The third kappa shape index (κ3) is 5.64. The molecule has 2 aromatic rings. The molecule has 2 saturated carbocycles. The summed E-state index contributed by atoms with van der Waals surface area (Å²) in [4.78, 5) is 31.8. The molecule has 38 heavy (non-hydrogen) atoms. The molecule has 2 bridgehead atoms. The Morgan fingerprint density at radius 2 is 1.84 bits per heavy atom. The molecular weight excluding hydrogens is 495 g/mol. The van der Waals surface area contributed by atoms with Gasteiger partial charge in [0.2, 0.25) is 5.91 Å². The first-order valence-electron chi connectivity index (χ1n) is 13.4. The second kappa shape index (κ2) is 10.4. The fraction of sp³-hybridized carbons (Fsp3) is 0.552. The van der Waals surface area contributed by atoms with Gasteiger partial charge in [-0.15, -0.1) is 0 Å². The van der Waals surface area contributed by atoms with Gasteiger partial charge >= 0.3 is 6.18 Å². The molecule has 2 unspecified atom stereocenters. The summed E-state index contributed by atoms with van der Waals surface area (Å²) in [6.07, 6.45) is 1.50. The van der Waals surface area contributed by atoms with Crippen LogP contribution in [0.4, 0.5) is 13.2 Å². The van der Waals surface area contributed by atoms with Gasteiger partial charge < -0.3 is 10.4 Å². The molecule has 2 heterocycles. The van der Waals surface area contributed by atoms with Crippen LogP contribution in [0.25, 0.3) is 0 Å². The molecule has 204 valence electrons. The van der Waals surface area contributed by atoms with Gasteiger partial charge in [0.05, 0.1) is 11.2 Å². The Morgan fingerprint density at radius 3 is 2.50 bits per heavy atom. The number of carbonyl (C=O) groups is 2. The summed E-state index contributed by atoms with van der Waals surface area (Å²) in [5.74, 6) is 0.0403. The van der Waals surface area contributed by atoms with E-state index in [0.717, 1.165) is 55.7 Å². The average molecular weight is 530 g/mol. The minimum Gasteiger partial charge on any atom is -0.385 e. The number of hydrogen-bond acceptors (Lipinski definition) is 5. The van der Waals surface area contributed by atoms with Gasteiger partial charge in [-0.2, -0.15) is 13.2 Å². The van der Waals surface area contributed by atoms with Gasteiger partial charge in [-0.25, -0.2) is 0 Å². The van der Waals surface area contributed by atoms with Crippen LogP contribution in [0.3, 0.4) is 0 Å². The van der Waals surface area contributed by atoms with Crippen molar-refractivity contribution in [3.05, 3.63) is 65.0 Å². The highest BCUT2D eigenvalue weighted by molar-refractivity contribution is 5.98. The maximum atomic E-state index is 12.9. The number of carbonyl (C=O) groups excluding carboxylic acids is 2. The van der Waals surface area contributed by atoms with E-state index in [2.05, 4.69) is 15.2 Å². The van der Waals surface area contributed by atoms with Crippen LogP contribution in [0.5, 0.6) is 0 Å². The predicted molar refractivity (Wildman–Crippen MR) is 135 cm³/mol. The zero-order valence-electron chi connectivity index (χ0n) is 21.5. The monoisotopic (exact) mass is 529 g/mol. The van der Waals surface area contributed by atoms with Crippen LogP contribution in [0.15, 0.2) is 42.6 Å². The smallest absolute Gasteiger partial charge is 0.385 e. The summed E-state index contributed by atoms with van der Waals surface area (Å²) in [7, 11) is 0. The van der Waals surface area contributed by atoms with Crippen LogP contribution < -0.4 is 5.32 Å². The number of ketones is 1. The number of pyridine rings is 1. The highest BCUT2D eigenvalue weighted by atomic mass is 19.4. The molecule has 3 aliphatic rings. The molecule has 1 aromatic carbocycles. The molecule has 2 N–H and O–H groups in total. The summed E-state index contributed by atoms with van der Waals surface area (Å²) >= 11 is 0. The van der Waals surface area contributed by atoms with Crippen molar-refractivity contribution < 1.29 is 27.9 Å². The number of rotatable bonds is 7. The van der Waals surface area contributed by atoms with Crippen LogP contribution in [0, 0.1) is 18.8 Å². The summed E-state index contributed by atoms with van der Waals surface area (Å²) in [6.45, 7) is 3.54. The Hall–Kier alpha value is -2.78. The fourth-order valence-electron chi connectivity index (χ4n) is 6.84. The Balaban J connectivity index is 1.12. The molecule has 5 rings (SSSR count). The van der Waals surface area contributed by atoms with Crippen molar-refractivity contribution in [2.45, 2.75) is 75.7 Å². The van der Waals surface area contributed by atoms with Crippen molar-refractivity contribution in [3.8, 4) is 0 Å². The number of hydrogen-bond donors (Lipinski definition) is 2. The second-order valence-electron chi connectivity index (χ2n) is 11.3. The van der Waals surface area contributed by atoms with Crippen molar-refractivity contribution in [1.82, 2.24) is 15.2 Å². The number of nitrogens with one attached hydrogen (secondary N) is 1. The van der Waals surface area contributed by atoms with Gasteiger partial charge in [0, 0.05) is 61.0 Å². The van der Waals surface area contributed by atoms with Gasteiger partial charge in [-0.3, -0.25) is 19.5 Å². The standard InChI is InChI=1S/C29H34F3N3O3/c1-18-5-8-23(16-33-18)28(38)14-20-6-7-21(15-28)27(20)35-12-11-24(17-35)34-26(37)10-9-25(36)19-3-2-4-22(13-19)29(30,31)32/h2-5,8,13,16,20-21,24,27,38H,6-7,9-12,14-15,17H2,1H3,(H,34,37)/t20?,21?,24-,27?,28?/m1/s1. The zero-order valence-corrected chi connectivity index (χ0v) is 21.5. The Labute approximate surface area is 220 Å². The third-order valence-electron chi connectivity index (χ3n) is 8.62. The summed E-state index contributed by atoms with van der Waals surface area (Å²) in [6, 6.07) is 8.62. The van der Waals surface area contributed by atoms with E-state index in [4.69, 9.17) is 0 Å². The number of amides is 1. The minimum absolute atomic E-state index is 0.0207. The second-order valence-corrected chi connectivity index (χ2v) is 11.3. The van der Waals surface area contributed by atoms with Crippen LogP contribution in [-0.4, -0.2) is 51.9 Å². The van der Waals surface area contributed by atoms with Gasteiger partial charge in [-0.05, 0) is 69.1 Å². The number of likely N-dealkylation sites (tertiary alicyclic amines) is 1. The van der Waals surface area contributed by atoms with E-state index in [-0.39, 0.29) is 30.4 Å². The molecule has 1 amide bonds. The summed E-state index contributed by atoms with van der Waals surface area (Å²) in [5, 5.41) is 14.5. The van der Waals surface area contributed by atoms with Gasteiger partial charge in [0.1, 0.15) is 0 Å². The number of halogens is 3. The lowest BCUT2D eigenvalue weighted by molar-refractivity contribution is -0.137. The highest BCUT2D eigenvalue weighted by Crippen LogP contribution is 2.52. The number of alkyl halides is 3. The molecule has 2 aliphatic carbocycles. The lowest BCUT2D eigenvalue weighted by Gasteiger charge is -2.45. The average Bonchev–Trinajstić information content (AvgIpc) is 3.44. The van der Waals surface area contributed by atoms with E-state index in [1.54, 1.807) is 6.20 Å². The molecule has 0 spiro atoms. The molecular formula is C29H34F3N3O3. The number of aromatic nitrogens is 1. The number of fused-ring (bicyclic) bond motifs is 2. The predicted octanol–water partition coefficient (Wildman–Crippen LogP) is 4.64. The normalized spacial score (nSPS) is 29.4. The molecule has 1 aliphatic heterocycles. The maximum Gasteiger partial charge on any atom is 0.416 e. The maximum absolute atomic E-state index is 12.9. The fourth-order valence-corrected chi connectivity index (χ4v) is 6.84. The van der Waals surface area contributed by atoms with E-state index in [1.807, 2.05) is 19.1 Å². The molecule has 1 aromatic heterocycles. The first-order chi connectivity index (χ1) is 18.0. The van der Waals surface area contributed by atoms with Crippen molar-refractivity contribution in [2.24, 2.45) is 11.8 Å². The van der Waals surface area contributed by atoms with Crippen LogP contribution in [0.1, 0.15) is 72.1 Å². The van der Waals surface area contributed by atoms with Crippen molar-refractivity contribution in [3.63, 3.8) is 0 Å². The number of aliphatic hydroxyl groups is 1. The van der Waals surface area contributed by atoms with E-state index in [1.165, 1.54) is 12.1 Å². The lowest BCUT2D eigenvalue weighted by atomic mass is 9.71. The van der Waals surface area contributed by atoms with Crippen LogP contribution in [0.2, 0.25) is 0 Å². The van der Waals surface area contributed by atoms with E-state index < -0.39 is 23.1 Å². The zero-order chi connectivity index (χ0) is 27.1. The first-order valence-corrected chi connectivity index (χ1v) is 13.4. The first kappa shape index (κ1) is 26.8. The number of Topliss-reactive ketones (excluding diaryl/α,β-unsaturated/α-hetero) is 1. The number of nitrogens with zero attached hydrogens (tertiary/aromatic N) is 2. The molecule has 3 fully saturated rings. The summed E-state index contributed by atoms with van der Waals surface area (Å²) in [5.41, 5.74) is 0.0740. The van der Waals surface area contributed by atoms with E-state index in [9.17, 15) is 27.9 Å². The topological polar surface area (TPSA) is 82.5 Å². The molecule has 3 atom stereocenters. The van der Waals surface area contributed by atoms with Crippen molar-refractivity contribution in [1.29, 1.82) is 0 Å². The minimum atomic E-state index is -4.52. The SMILES string of the molecule is Cc1ccc(C2(O)CC3CCC(C2)C3N2CC[C@@H](NC(=O)CCC(=O)c3cccc(C(F)(F)F)c3)C2)cn1. The molecule has 0 radical (unpaired) electrons. The Kier molecular flexibility index (Phi) is 7.35. The highest BCUT2D eigenvalue weighted by Gasteiger charge is 2.52. The number of aryl methyl sites for hydroxylation is 1. The van der Waals surface area contributed by atoms with E-state index in [0.29, 0.717) is 30.7 Å². The Morgan fingerprint density at radius 1 is 1.11 bits per heavy atom. The van der Waals surface area contributed by atoms with Crippen LogP contribution >= 0.6 is 0 Å². The quantitative estimate of drug-likeness (QED) is 0.511. The van der Waals surface area contributed by atoms with E-state index >= 15 is 0 Å². The van der Waals surface area contributed by atoms with Gasteiger partial charge in [-0.1, -0.05) is 18.2 Å². The molecule has 9 heteroatoms. The summed E-state index contributed by atoms with van der Waals surface area (Å²) < 4.78 is 38.8. The van der Waals surface area contributed by atoms with Crippen molar-refractivity contribution >= 4 is 11.7 Å². The molecule has 1 saturated heterocycles. The Bertz CT molecular complexity index is 1170. The largest absolute Gasteiger partial charge is 0.416 e. The van der Waals surface area contributed by atoms with Gasteiger partial charge in [0.25, 0.3) is 0 Å².